The van der Waals surface area contributed by atoms with Gasteiger partial charge in [-0.15, -0.1) is 0 Å². The Morgan fingerprint density at radius 2 is 1.79 bits per heavy atom. The maximum atomic E-state index is 12.4. The number of imidazole rings is 1. The third-order valence-corrected chi connectivity index (χ3v) is 4.07. The maximum absolute atomic E-state index is 12.4. The quantitative estimate of drug-likeness (QED) is 0.715. The molecule has 2 aromatic carbocycles. The van der Waals surface area contributed by atoms with Crippen molar-refractivity contribution in [1.29, 1.82) is 0 Å². The number of hydrogen-bond acceptors (Lipinski definition) is 2. The molecule has 0 spiro atoms. The van der Waals surface area contributed by atoms with E-state index in [1.807, 2.05) is 54.6 Å². The highest BCUT2D eigenvalue weighted by Crippen LogP contribution is 2.23. The first-order valence-electron chi connectivity index (χ1n) is 7.79. The molecule has 0 aliphatic carbocycles. The van der Waals surface area contributed by atoms with Crippen LogP contribution in [0.25, 0.3) is 0 Å². The number of H-pyrrole nitrogens is 1. The Morgan fingerprint density at radius 3 is 2.46 bits per heavy atom. The molecule has 3 rings (SSSR count). The maximum Gasteiger partial charge on any atom is 0.221 e. The number of rotatable bonds is 6. The molecule has 1 amide bonds. The van der Waals surface area contributed by atoms with Gasteiger partial charge in [0.15, 0.2) is 0 Å². The van der Waals surface area contributed by atoms with Gasteiger partial charge in [0.2, 0.25) is 5.91 Å². The Hall–Kier alpha value is -2.59. The van der Waals surface area contributed by atoms with Crippen molar-refractivity contribution in [2.24, 2.45) is 0 Å². The van der Waals surface area contributed by atoms with Crippen molar-refractivity contribution in [3.63, 3.8) is 0 Å². The molecule has 0 fully saturated rings. The Bertz CT molecular complexity index is 770. The summed E-state index contributed by atoms with van der Waals surface area (Å²) in [6.07, 6.45) is 4.39. The number of aryl methyl sites for hydroxylation is 1. The summed E-state index contributed by atoms with van der Waals surface area (Å²) < 4.78 is 0. The molecule has 0 bridgehead atoms. The number of aromatic amines is 1. The molecule has 1 heterocycles. The molecule has 2 N–H and O–H groups in total. The second-order valence-corrected chi connectivity index (χ2v) is 5.98. The molecule has 0 saturated carbocycles. The van der Waals surface area contributed by atoms with E-state index in [-0.39, 0.29) is 11.9 Å². The fourth-order valence-electron chi connectivity index (χ4n) is 2.56. The highest BCUT2D eigenvalue weighted by atomic mass is 35.5. The van der Waals surface area contributed by atoms with E-state index in [0.29, 0.717) is 17.9 Å². The number of amides is 1. The number of benzene rings is 2. The molecule has 1 unspecified atom stereocenters. The van der Waals surface area contributed by atoms with Gasteiger partial charge in [-0.25, -0.2) is 4.98 Å². The van der Waals surface area contributed by atoms with Crippen LogP contribution in [0.2, 0.25) is 5.02 Å². The summed E-state index contributed by atoms with van der Waals surface area (Å²) in [6, 6.07) is 17.3. The van der Waals surface area contributed by atoms with Crippen LogP contribution < -0.4 is 5.32 Å². The lowest BCUT2D eigenvalue weighted by atomic mass is 9.98. The fraction of sp³-hybridized carbons (Fsp3) is 0.158. The van der Waals surface area contributed by atoms with Gasteiger partial charge in [0.05, 0.1) is 12.4 Å². The smallest absolute Gasteiger partial charge is 0.221 e. The van der Waals surface area contributed by atoms with Crippen LogP contribution in [0.5, 0.6) is 0 Å². The summed E-state index contributed by atoms with van der Waals surface area (Å²) in [5.74, 6) is -0.00611. The van der Waals surface area contributed by atoms with Crippen LogP contribution in [0.3, 0.4) is 0 Å². The summed E-state index contributed by atoms with van der Waals surface area (Å²) in [6.45, 7) is 0. The Kier molecular flexibility index (Phi) is 5.29. The standard InChI is InChI=1S/C19H18ClN3O/c20-16-8-6-15(7-9-16)19(14-4-2-1-3-5-14)23-18(24)11-10-17-12-21-13-22-17/h1-9,12-13,19H,10-11H2,(H,21,22)(H,23,24). The molecule has 0 aliphatic rings. The van der Waals surface area contributed by atoms with Crippen molar-refractivity contribution < 1.29 is 4.79 Å². The van der Waals surface area contributed by atoms with Crippen LogP contribution >= 0.6 is 11.6 Å². The largest absolute Gasteiger partial charge is 0.348 e. The van der Waals surface area contributed by atoms with E-state index in [4.69, 9.17) is 11.6 Å². The van der Waals surface area contributed by atoms with E-state index in [1.165, 1.54) is 0 Å². The molecular formula is C19H18ClN3O. The van der Waals surface area contributed by atoms with Gasteiger partial charge >= 0.3 is 0 Å². The van der Waals surface area contributed by atoms with Gasteiger partial charge in [0, 0.05) is 23.3 Å². The van der Waals surface area contributed by atoms with Gasteiger partial charge < -0.3 is 10.3 Å². The number of nitrogens with zero attached hydrogens (tertiary/aromatic N) is 1. The molecule has 1 aromatic heterocycles. The molecule has 4 nitrogen and oxygen atoms in total. The summed E-state index contributed by atoms with van der Waals surface area (Å²) in [5.41, 5.74) is 2.99. The van der Waals surface area contributed by atoms with Gasteiger partial charge in [-0.2, -0.15) is 0 Å². The van der Waals surface area contributed by atoms with Crippen molar-refractivity contribution in [2.75, 3.05) is 0 Å². The van der Waals surface area contributed by atoms with E-state index in [0.717, 1.165) is 16.8 Å². The lowest BCUT2D eigenvalue weighted by Gasteiger charge is -2.20. The van der Waals surface area contributed by atoms with E-state index in [1.54, 1.807) is 12.5 Å². The Balaban J connectivity index is 1.74. The third-order valence-electron chi connectivity index (χ3n) is 3.82. The van der Waals surface area contributed by atoms with Crippen LogP contribution in [-0.2, 0) is 11.2 Å². The highest BCUT2D eigenvalue weighted by molar-refractivity contribution is 6.30. The van der Waals surface area contributed by atoms with Gasteiger partial charge in [0.25, 0.3) is 0 Å². The van der Waals surface area contributed by atoms with E-state index < -0.39 is 0 Å². The van der Waals surface area contributed by atoms with Gasteiger partial charge in [0.1, 0.15) is 0 Å². The zero-order chi connectivity index (χ0) is 16.8. The minimum absolute atomic E-state index is 0.00611. The Labute approximate surface area is 145 Å². The Morgan fingerprint density at radius 1 is 1.08 bits per heavy atom. The average molecular weight is 340 g/mol. The van der Waals surface area contributed by atoms with E-state index >= 15 is 0 Å². The number of aromatic nitrogens is 2. The normalized spacial score (nSPS) is 11.9. The van der Waals surface area contributed by atoms with E-state index in [2.05, 4.69) is 15.3 Å². The van der Waals surface area contributed by atoms with Crippen LogP contribution in [0.1, 0.15) is 29.3 Å². The summed E-state index contributed by atoms with van der Waals surface area (Å²) >= 11 is 5.98. The van der Waals surface area contributed by atoms with Crippen molar-refractivity contribution in [3.05, 3.63) is 89.0 Å². The topological polar surface area (TPSA) is 57.8 Å². The van der Waals surface area contributed by atoms with Gasteiger partial charge in [-0.1, -0.05) is 54.1 Å². The first-order valence-corrected chi connectivity index (χ1v) is 8.17. The van der Waals surface area contributed by atoms with Crippen molar-refractivity contribution in [2.45, 2.75) is 18.9 Å². The number of carbonyl (C=O) groups is 1. The molecule has 122 valence electrons. The minimum Gasteiger partial charge on any atom is -0.348 e. The summed E-state index contributed by atoms with van der Waals surface area (Å²) in [5, 5.41) is 3.79. The zero-order valence-electron chi connectivity index (χ0n) is 13.1. The fourth-order valence-corrected chi connectivity index (χ4v) is 2.69. The molecule has 3 aromatic rings. The number of halogens is 1. The lowest BCUT2D eigenvalue weighted by molar-refractivity contribution is -0.121. The predicted molar refractivity (Wildman–Crippen MR) is 94.8 cm³/mol. The van der Waals surface area contributed by atoms with E-state index in [9.17, 15) is 4.79 Å². The highest BCUT2D eigenvalue weighted by Gasteiger charge is 2.16. The molecular weight excluding hydrogens is 322 g/mol. The molecule has 5 heteroatoms. The van der Waals surface area contributed by atoms with Gasteiger partial charge in [-0.05, 0) is 29.7 Å². The van der Waals surface area contributed by atoms with Crippen molar-refractivity contribution >= 4 is 17.5 Å². The van der Waals surface area contributed by atoms with Crippen LogP contribution in [0.4, 0.5) is 0 Å². The van der Waals surface area contributed by atoms with Gasteiger partial charge in [-0.3, -0.25) is 4.79 Å². The van der Waals surface area contributed by atoms with Crippen LogP contribution in [0.15, 0.2) is 67.1 Å². The number of hydrogen-bond donors (Lipinski definition) is 2. The average Bonchev–Trinajstić information content (AvgIpc) is 3.13. The minimum atomic E-state index is -0.197. The third kappa shape index (κ3) is 4.24. The van der Waals surface area contributed by atoms with Crippen molar-refractivity contribution in [1.82, 2.24) is 15.3 Å². The summed E-state index contributed by atoms with van der Waals surface area (Å²) in [7, 11) is 0. The molecule has 24 heavy (non-hydrogen) atoms. The molecule has 0 saturated heterocycles. The zero-order valence-corrected chi connectivity index (χ0v) is 13.8. The summed E-state index contributed by atoms with van der Waals surface area (Å²) in [4.78, 5) is 19.4. The first-order chi connectivity index (χ1) is 11.7. The predicted octanol–water partition coefficient (Wildman–Crippen LogP) is 3.90. The first kappa shape index (κ1) is 16.3. The number of nitrogens with one attached hydrogen (secondary N) is 2. The lowest BCUT2D eigenvalue weighted by Crippen LogP contribution is -2.29. The SMILES string of the molecule is O=C(CCc1cnc[nH]1)NC(c1ccccc1)c1ccc(Cl)cc1. The second kappa shape index (κ2) is 7.79. The monoisotopic (exact) mass is 339 g/mol. The second-order valence-electron chi connectivity index (χ2n) is 5.54. The van der Waals surface area contributed by atoms with Crippen molar-refractivity contribution in [3.8, 4) is 0 Å². The van der Waals surface area contributed by atoms with Crippen LogP contribution in [-0.4, -0.2) is 15.9 Å². The molecule has 1 atom stereocenters. The molecule has 0 aliphatic heterocycles. The molecule has 0 radical (unpaired) electrons. The number of carbonyl (C=O) groups excluding carboxylic acids is 1. The van der Waals surface area contributed by atoms with Crippen LogP contribution in [0, 0.1) is 0 Å².